The average molecular weight is 385 g/mol. The van der Waals surface area contributed by atoms with Crippen molar-refractivity contribution in [1.82, 2.24) is 25.1 Å². The molecule has 0 bridgehead atoms. The van der Waals surface area contributed by atoms with E-state index in [2.05, 4.69) is 44.2 Å². The van der Waals surface area contributed by atoms with Crippen molar-refractivity contribution in [3.63, 3.8) is 0 Å². The van der Waals surface area contributed by atoms with Gasteiger partial charge in [0.15, 0.2) is 5.82 Å². The number of aryl methyl sites for hydroxylation is 3. The number of hydrogen-bond donors (Lipinski definition) is 0. The Morgan fingerprint density at radius 2 is 1.68 bits per heavy atom. The Morgan fingerprint density at radius 3 is 2.36 bits per heavy atom. The van der Waals surface area contributed by atoms with E-state index in [0.717, 1.165) is 68.3 Å². The zero-order chi connectivity index (χ0) is 19.5. The van der Waals surface area contributed by atoms with Crippen LogP contribution < -0.4 is 0 Å². The highest BCUT2D eigenvalue weighted by Crippen LogP contribution is 2.25. The summed E-state index contributed by atoms with van der Waals surface area (Å²) < 4.78 is 16.5. The molecule has 1 aliphatic rings. The first-order chi connectivity index (χ1) is 13.6. The van der Waals surface area contributed by atoms with Crippen molar-refractivity contribution in [3.05, 3.63) is 40.9 Å². The summed E-state index contributed by atoms with van der Waals surface area (Å²) in [4.78, 5) is 9.37. The van der Waals surface area contributed by atoms with Gasteiger partial charge in [0.25, 0.3) is 5.89 Å². The van der Waals surface area contributed by atoms with E-state index in [-0.39, 0.29) is 0 Å². The van der Waals surface area contributed by atoms with E-state index >= 15 is 0 Å². The van der Waals surface area contributed by atoms with E-state index in [4.69, 9.17) is 13.5 Å². The van der Waals surface area contributed by atoms with Crippen LogP contribution in [0.1, 0.15) is 42.1 Å². The van der Waals surface area contributed by atoms with Crippen molar-refractivity contribution in [2.24, 2.45) is 0 Å². The van der Waals surface area contributed by atoms with Crippen molar-refractivity contribution < 1.29 is 13.5 Å². The Hall–Kier alpha value is -2.45. The molecule has 4 rings (SSSR count). The normalized spacial score (nSPS) is 16.5. The Labute approximate surface area is 164 Å². The minimum Gasteiger partial charge on any atom is -0.465 e. The molecule has 0 saturated carbocycles. The van der Waals surface area contributed by atoms with Crippen LogP contribution in [0.2, 0.25) is 0 Å². The van der Waals surface area contributed by atoms with Crippen LogP contribution in [-0.4, -0.2) is 51.3 Å². The van der Waals surface area contributed by atoms with Crippen LogP contribution in [0, 0.1) is 13.8 Å². The maximum atomic E-state index is 5.86. The van der Waals surface area contributed by atoms with Crippen molar-refractivity contribution >= 4 is 0 Å². The molecule has 8 heteroatoms. The monoisotopic (exact) mass is 385 g/mol. The molecule has 150 valence electrons. The zero-order valence-corrected chi connectivity index (χ0v) is 16.8. The fraction of sp³-hybridized carbons (Fsp3) is 0.550. The molecule has 0 spiro atoms. The number of hydrogen-bond acceptors (Lipinski definition) is 8. The molecule has 0 aliphatic carbocycles. The molecule has 1 aliphatic heterocycles. The number of furan rings is 1. The Bertz CT molecular complexity index is 893. The molecule has 1 fully saturated rings. The highest BCUT2D eigenvalue weighted by molar-refractivity contribution is 5.57. The van der Waals surface area contributed by atoms with Gasteiger partial charge in [-0.1, -0.05) is 17.2 Å². The lowest BCUT2D eigenvalue weighted by molar-refractivity contribution is 0.229. The van der Waals surface area contributed by atoms with Crippen LogP contribution in [0.25, 0.3) is 11.5 Å². The highest BCUT2D eigenvalue weighted by Gasteiger charge is 2.21. The summed E-state index contributed by atoms with van der Waals surface area (Å²) in [5.74, 6) is 3.97. The molecule has 28 heavy (non-hydrogen) atoms. The second kappa shape index (κ2) is 8.28. The lowest BCUT2D eigenvalue weighted by Crippen LogP contribution is -2.30. The fourth-order valence-corrected chi connectivity index (χ4v) is 3.67. The first kappa shape index (κ1) is 18.9. The summed E-state index contributed by atoms with van der Waals surface area (Å²) in [6.07, 6.45) is 2.05. The van der Waals surface area contributed by atoms with E-state index in [9.17, 15) is 0 Å². The maximum Gasteiger partial charge on any atom is 0.263 e. The Balaban J connectivity index is 1.34. The fourth-order valence-electron chi connectivity index (χ4n) is 3.67. The molecule has 3 aromatic rings. The van der Waals surface area contributed by atoms with E-state index in [1.54, 1.807) is 0 Å². The molecule has 8 nitrogen and oxygen atoms in total. The number of aromatic nitrogens is 3. The molecule has 0 aromatic carbocycles. The van der Waals surface area contributed by atoms with Crippen molar-refractivity contribution in [2.45, 2.75) is 46.7 Å². The van der Waals surface area contributed by atoms with Crippen molar-refractivity contribution in [1.29, 1.82) is 0 Å². The van der Waals surface area contributed by atoms with Gasteiger partial charge in [-0.25, -0.2) is 0 Å². The second-order valence-corrected chi connectivity index (χ2v) is 7.34. The van der Waals surface area contributed by atoms with E-state index < -0.39 is 0 Å². The van der Waals surface area contributed by atoms with Gasteiger partial charge < -0.3 is 13.5 Å². The van der Waals surface area contributed by atoms with Gasteiger partial charge in [0.05, 0.1) is 18.8 Å². The molecular formula is C20H27N5O3. The van der Waals surface area contributed by atoms with Crippen LogP contribution in [0.3, 0.4) is 0 Å². The van der Waals surface area contributed by atoms with Gasteiger partial charge in [-0.3, -0.25) is 9.80 Å². The predicted octanol–water partition coefficient (Wildman–Crippen LogP) is 3.20. The minimum absolute atomic E-state index is 0.479. The maximum absolute atomic E-state index is 5.86. The van der Waals surface area contributed by atoms with E-state index in [0.29, 0.717) is 24.0 Å². The van der Waals surface area contributed by atoms with Gasteiger partial charge in [0, 0.05) is 19.5 Å². The number of rotatable bonds is 6. The first-order valence-electron chi connectivity index (χ1n) is 9.90. The molecule has 0 amide bonds. The molecule has 0 atom stereocenters. The summed E-state index contributed by atoms with van der Waals surface area (Å²) in [7, 11) is 0. The quantitative estimate of drug-likeness (QED) is 0.639. The Kier molecular flexibility index (Phi) is 5.59. The third-order valence-corrected chi connectivity index (χ3v) is 5.21. The van der Waals surface area contributed by atoms with Crippen LogP contribution in [-0.2, 0) is 19.5 Å². The van der Waals surface area contributed by atoms with Gasteiger partial charge >= 0.3 is 0 Å². The van der Waals surface area contributed by atoms with Crippen LogP contribution in [0.4, 0.5) is 0 Å². The summed E-state index contributed by atoms with van der Waals surface area (Å²) in [6, 6.07) is 4.17. The lowest BCUT2D eigenvalue weighted by atomic mass is 10.2. The van der Waals surface area contributed by atoms with Crippen molar-refractivity contribution in [2.75, 3.05) is 26.2 Å². The van der Waals surface area contributed by atoms with Gasteiger partial charge in [0.2, 0.25) is 0 Å². The van der Waals surface area contributed by atoms with E-state index in [1.165, 1.54) is 0 Å². The second-order valence-electron chi connectivity index (χ2n) is 7.34. The molecule has 1 saturated heterocycles. The van der Waals surface area contributed by atoms with Gasteiger partial charge in [-0.05, 0) is 45.5 Å². The molecular weight excluding hydrogens is 358 g/mol. The predicted molar refractivity (Wildman–Crippen MR) is 103 cm³/mol. The summed E-state index contributed by atoms with van der Waals surface area (Å²) in [6.45, 7) is 11.4. The van der Waals surface area contributed by atoms with Gasteiger partial charge in [0.1, 0.15) is 22.8 Å². The van der Waals surface area contributed by atoms with Crippen LogP contribution in [0.15, 0.2) is 25.6 Å². The largest absolute Gasteiger partial charge is 0.465 e. The SMILES string of the molecule is CCc1ccc(CN2CCCN(Cc3noc(-c4c(C)noc4C)n3)CC2)o1. The van der Waals surface area contributed by atoms with Crippen LogP contribution >= 0.6 is 0 Å². The molecule has 0 N–H and O–H groups in total. The van der Waals surface area contributed by atoms with Crippen LogP contribution in [0.5, 0.6) is 0 Å². The number of nitrogens with zero attached hydrogens (tertiary/aromatic N) is 5. The smallest absolute Gasteiger partial charge is 0.263 e. The molecule has 4 heterocycles. The lowest BCUT2D eigenvalue weighted by Gasteiger charge is -2.20. The topological polar surface area (TPSA) is 84.6 Å². The third kappa shape index (κ3) is 4.18. The first-order valence-corrected chi connectivity index (χ1v) is 9.90. The Morgan fingerprint density at radius 1 is 0.929 bits per heavy atom. The van der Waals surface area contributed by atoms with E-state index in [1.807, 2.05) is 13.8 Å². The average Bonchev–Trinajstić information content (AvgIpc) is 3.36. The standard InChI is InChI=1S/C20H27N5O3/c1-4-16-6-7-17(26-16)12-24-8-5-9-25(11-10-24)13-18-21-20(28-23-18)19-14(2)22-27-15(19)3/h6-7H,4-5,8-13H2,1-3H3. The summed E-state index contributed by atoms with van der Waals surface area (Å²) >= 11 is 0. The zero-order valence-electron chi connectivity index (χ0n) is 16.8. The molecule has 0 radical (unpaired) electrons. The summed E-state index contributed by atoms with van der Waals surface area (Å²) in [5.41, 5.74) is 1.56. The van der Waals surface area contributed by atoms with Gasteiger partial charge in [-0.2, -0.15) is 4.98 Å². The summed E-state index contributed by atoms with van der Waals surface area (Å²) in [5, 5.41) is 8.11. The molecule has 0 unspecified atom stereocenters. The highest BCUT2D eigenvalue weighted by atomic mass is 16.5. The van der Waals surface area contributed by atoms with Crippen molar-refractivity contribution in [3.8, 4) is 11.5 Å². The minimum atomic E-state index is 0.479. The van der Waals surface area contributed by atoms with Gasteiger partial charge in [-0.15, -0.1) is 0 Å². The molecule has 3 aromatic heterocycles. The third-order valence-electron chi connectivity index (χ3n) is 5.21.